The van der Waals surface area contributed by atoms with Crippen molar-refractivity contribution in [3.8, 4) is 22.7 Å². The van der Waals surface area contributed by atoms with Gasteiger partial charge in [-0.25, -0.2) is 0 Å². The molecule has 0 N–H and O–H groups in total. The summed E-state index contributed by atoms with van der Waals surface area (Å²) in [6.07, 6.45) is 1.72. The zero-order chi connectivity index (χ0) is 20.0. The predicted molar refractivity (Wildman–Crippen MR) is 115 cm³/mol. The Labute approximate surface area is 174 Å². The fraction of sp³-hybridized carbons (Fsp3) is 0.0455. The molecule has 0 saturated heterocycles. The highest BCUT2D eigenvalue weighted by Crippen LogP contribution is 2.24. The van der Waals surface area contributed by atoms with E-state index in [0.717, 1.165) is 16.7 Å². The fourth-order valence-electron chi connectivity index (χ4n) is 3.10. The van der Waals surface area contributed by atoms with Crippen LogP contribution in [0, 0.1) is 6.92 Å². The Kier molecular flexibility index (Phi) is 4.30. The largest absolute Gasteiger partial charge is 0.457 e. The minimum atomic E-state index is -0.207. The maximum atomic E-state index is 12.8. The molecule has 0 radical (unpaired) electrons. The van der Waals surface area contributed by atoms with E-state index in [4.69, 9.17) is 16.0 Å². The van der Waals surface area contributed by atoms with Crippen molar-refractivity contribution in [2.75, 3.05) is 0 Å². The molecule has 0 atom stereocenters. The van der Waals surface area contributed by atoms with Gasteiger partial charge < -0.3 is 4.42 Å². The van der Waals surface area contributed by atoms with E-state index in [9.17, 15) is 4.79 Å². The van der Waals surface area contributed by atoms with Crippen LogP contribution in [0.25, 0.3) is 33.7 Å². The molecule has 3 heterocycles. The quantitative estimate of drug-likeness (QED) is 0.429. The second-order valence-electron chi connectivity index (χ2n) is 6.57. The summed E-state index contributed by atoms with van der Waals surface area (Å²) in [7, 11) is 0. The van der Waals surface area contributed by atoms with Gasteiger partial charge in [-0.15, -0.1) is 5.10 Å². The van der Waals surface area contributed by atoms with Gasteiger partial charge in [0.15, 0.2) is 5.82 Å². The van der Waals surface area contributed by atoms with E-state index in [2.05, 4.69) is 10.1 Å². The van der Waals surface area contributed by atoms with Gasteiger partial charge in [0.1, 0.15) is 16.1 Å². The van der Waals surface area contributed by atoms with E-state index in [1.54, 1.807) is 6.08 Å². The summed E-state index contributed by atoms with van der Waals surface area (Å²) in [4.78, 5) is 17.9. The number of fused-ring (bicyclic) bond motifs is 1. The van der Waals surface area contributed by atoms with Crippen molar-refractivity contribution >= 4 is 34.0 Å². The molecule has 0 amide bonds. The lowest BCUT2D eigenvalue weighted by molar-refractivity contribution is 0.571. The summed E-state index contributed by atoms with van der Waals surface area (Å²) < 4.78 is 7.74. The van der Waals surface area contributed by atoms with Crippen LogP contribution in [-0.2, 0) is 0 Å². The Morgan fingerprint density at radius 1 is 1.07 bits per heavy atom. The first-order valence-electron chi connectivity index (χ1n) is 8.91. The molecule has 0 spiro atoms. The summed E-state index contributed by atoms with van der Waals surface area (Å²) in [5.74, 6) is 1.86. The van der Waals surface area contributed by atoms with Crippen molar-refractivity contribution < 1.29 is 4.42 Å². The van der Waals surface area contributed by atoms with Crippen molar-refractivity contribution in [1.82, 2.24) is 14.6 Å². The summed E-state index contributed by atoms with van der Waals surface area (Å²) in [5, 5.41) is 5.08. The average Bonchev–Trinajstić information content (AvgIpc) is 3.41. The van der Waals surface area contributed by atoms with E-state index in [-0.39, 0.29) is 5.56 Å². The molecule has 0 aliphatic carbocycles. The van der Waals surface area contributed by atoms with E-state index in [1.165, 1.54) is 15.9 Å². The van der Waals surface area contributed by atoms with Crippen LogP contribution >= 0.6 is 22.9 Å². The topological polar surface area (TPSA) is 60.4 Å². The van der Waals surface area contributed by atoms with Crippen molar-refractivity contribution in [2.24, 2.45) is 0 Å². The van der Waals surface area contributed by atoms with E-state index < -0.39 is 0 Å². The zero-order valence-electron chi connectivity index (χ0n) is 15.3. The SMILES string of the molecule is Cc1ccccc1-c1nc2s/c(=C\c3ccc(-c4ccc(Cl)cc4)o3)c(=O)n2n1. The van der Waals surface area contributed by atoms with Gasteiger partial charge in [-0.1, -0.05) is 47.2 Å². The number of rotatable bonds is 3. The molecular weight excluding hydrogens is 406 g/mol. The summed E-state index contributed by atoms with van der Waals surface area (Å²) >= 11 is 7.22. The number of hydrogen-bond donors (Lipinski definition) is 0. The van der Waals surface area contributed by atoms with Gasteiger partial charge in [0, 0.05) is 22.2 Å². The number of aromatic nitrogens is 3. The van der Waals surface area contributed by atoms with Crippen LogP contribution in [-0.4, -0.2) is 14.6 Å². The number of nitrogens with zero attached hydrogens (tertiary/aromatic N) is 3. The molecule has 2 aromatic carbocycles. The monoisotopic (exact) mass is 419 g/mol. The van der Waals surface area contributed by atoms with E-state index in [0.29, 0.717) is 31.9 Å². The first kappa shape index (κ1) is 17.8. The molecule has 5 aromatic rings. The number of aryl methyl sites for hydroxylation is 1. The first-order chi connectivity index (χ1) is 14.1. The molecule has 29 heavy (non-hydrogen) atoms. The fourth-order valence-corrected chi connectivity index (χ4v) is 4.11. The minimum absolute atomic E-state index is 0.207. The summed E-state index contributed by atoms with van der Waals surface area (Å²) in [5.41, 5.74) is 2.70. The van der Waals surface area contributed by atoms with E-state index in [1.807, 2.05) is 67.6 Å². The van der Waals surface area contributed by atoms with Crippen molar-refractivity contribution in [3.63, 3.8) is 0 Å². The third kappa shape index (κ3) is 3.26. The van der Waals surface area contributed by atoms with Crippen LogP contribution in [0.5, 0.6) is 0 Å². The highest BCUT2D eigenvalue weighted by molar-refractivity contribution is 7.15. The van der Waals surface area contributed by atoms with Crippen molar-refractivity contribution in [2.45, 2.75) is 6.92 Å². The van der Waals surface area contributed by atoms with Crippen molar-refractivity contribution in [1.29, 1.82) is 0 Å². The van der Waals surface area contributed by atoms with Crippen LogP contribution in [0.1, 0.15) is 11.3 Å². The molecule has 7 heteroatoms. The normalized spacial score (nSPS) is 12.1. The number of halogens is 1. The average molecular weight is 420 g/mol. The van der Waals surface area contributed by atoms with Crippen molar-refractivity contribution in [3.05, 3.63) is 91.9 Å². The zero-order valence-corrected chi connectivity index (χ0v) is 16.9. The van der Waals surface area contributed by atoms with E-state index >= 15 is 0 Å². The van der Waals surface area contributed by atoms with Gasteiger partial charge in [0.2, 0.25) is 4.96 Å². The summed E-state index contributed by atoms with van der Waals surface area (Å²) in [6.45, 7) is 2.00. The highest BCUT2D eigenvalue weighted by Gasteiger charge is 2.13. The number of hydrogen-bond acceptors (Lipinski definition) is 5. The predicted octanol–water partition coefficient (Wildman–Crippen LogP) is 4.59. The Morgan fingerprint density at radius 3 is 2.62 bits per heavy atom. The van der Waals surface area contributed by atoms with Crippen LogP contribution in [0.3, 0.4) is 0 Å². The second kappa shape index (κ2) is 6.99. The maximum absolute atomic E-state index is 12.8. The lowest BCUT2D eigenvalue weighted by Crippen LogP contribution is -2.23. The Morgan fingerprint density at radius 2 is 1.86 bits per heavy atom. The first-order valence-corrected chi connectivity index (χ1v) is 10.1. The number of furan rings is 1. The van der Waals surface area contributed by atoms with Crippen LogP contribution in [0.4, 0.5) is 0 Å². The van der Waals surface area contributed by atoms with Gasteiger partial charge in [-0.2, -0.15) is 9.50 Å². The van der Waals surface area contributed by atoms with Gasteiger partial charge in [-0.3, -0.25) is 4.79 Å². The molecule has 0 fully saturated rings. The Balaban J connectivity index is 1.53. The molecule has 142 valence electrons. The smallest absolute Gasteiger partial charge is 0.291 e. The van der Waals surface area contributed by atoms with Crippen LogP contribution in [0.2, 0.25) is 5.02 Å². The molecular formula is C22H14ClN3O2S. The van der Waals surface area contributed by atoms with Gasteiger partial charge >= 0.3 is 0 Å². The number of thiazole rings is 1. The summed E-state index contributed by atoms with van der Waals surface area (Å²) in [6, 6.07) is 18.9. The van der Waals surface area contributed by atoms with Crippen LogP contribution in [0.15, 0.2) is 69.9 Å². The Hall–Kier alpha value is -3.22. The van der Waals surface area contributed by atoms with Gasteiger partial charge in [0.05, 0.1) is 0 Å². The molecule has 0 aliphatic rings. The van der Waals surface area contributed by atoms with Gasteiger partial charge in [-0.05, 0) is 48.9 Å². The lowest BCUT2D eigenvalue weighted by atomic mass is 10.1. The molecule has 0 bridgehead atoms. The lowest BCUT2D eigenvalue weighted by Gasteiger charge is -1.98. The molecule has 3 aromatic heterocycles. The Bertz CT molecular complexity index is 1450. The third-order valence-electron chi connectivity index (χ3n) is 4.60. The van der Waals surface area contributed by atoms with Crippen LogP contribution < -0.4 is 10.1 Å². The standard InChI is InChI=1S/C22H14ClN3O2S/c1-13-4-2-3-5-17(13)20-24-22-26(25-20)21(27)19(29-22)12-16-10-11-18(28-16)14-6-8-15(23)9-7-14/h2-12H,1H3/b19-12-. The highest BCUT2D eigenvalue weighted by atomic mass is 35.5. The minimum Gasteiger partial charge on any atom is -0.457 e. The van der Waals surface area contributed by atoms with Gasteiger partial charge in [0.25, 0.3) is 5.56 Å². The molecule has 0 aliphatic heterocycles. The molecule has 5 rings (SSSR count). The molecule has 0 unspecified atom stereocenters. The second-order valence-corrected chi connectivity index (χ2v) is 8.01. The third-order valence-corrected chi connectivity index (χ3v) is 5.81. The molecule has 5 nitrogen and oxygen atoms in total. The maximum Gasteiger partial charge on any atom is 0.291 e. The number of benzene rings is 2. The molecule has 0 saturated carbocycles.